The Labute approximate surface area is 141 Å². The Morgan fingerprint density at radius 1 is 0.739 bits per heavy atom. The molecule has 1 nitrogen and oxygen atoms in total. The molecule has 0 aliphatic rings. The highest BCUT2D eigenvalue weighted by atomic mass is 28.1. The Kier molecular flexibility index (Phi) is 4.18. The van der Waals surface area contributed by atoms with Gasteiger partial charge in [0.1, 0.15) is 10.2 Å². The summed E-state index contributed by atoms with van der Waals surface area (Å²) in [5.41, 5.74) is 6.07. The quantitative estimate of drug-likeness (QED) is 0.634. The van der Waals surface area contributed by atoms with Crippen LogP contribution in [0.15, 0.2) is 66.9 Å². The summed E-state index contributed by atoms with van der Waals surface area (Å²) in [6.45, 7) is 6.70. The smallest absolute Gasteiger partial charge is 0.100 e. The largest absolute Gasteiger partial charge is 0.266 e. The van der Waals surface area contributed by atoms with Crippen molar-refractivity contribution in [2.24, 2.45) is 0 Å². The van der Waals surface area contributed by atoms with Gasteiger partial charge in [-0.1, -0.05) is 81.4 Å². The Balaban J connectivity index is 2.39. The van der Waals surface area contributed by atoms with E-state index >= 15 is 0 Å². The lowest BCUT2D eigenvalue weighted by Gasteiger charge is -2.26. The lowest BCUT2D eigenvalue weighted by molar-refractivity contribution is 0.590. The third-order valence-corrected chi connectivity index (χ3v) is 4.39. The number of pyridine rings is 1. The predicted molar refractivity (Wildman–Crippen MR) is 99.2 cm³/mol. The van der Waals surface area contributed by atoms with Gasteiger partial charge in [-0.05, 0) is 27.7 Å². The molecule has 3 radical (unpaired) electrons. The Hall–Kier alpha value is -2.19. The highest BCUT2D eigenvalue weighted by Gasteiger charge is 2.23. The fraction of sp³-hybridized carbons (Fsp3) is 0.190. The van der Waals surface area contributed by atoms with E-state index in [4.69, 9.17) is 0 Å². The van der Waals surface area contributed by atoms with Gasteiger partial charge in [-0.3, -0.25) is 4.98 Å². The van der Waals surface area contributed by atoms with Crippen LogP contribution in [0.3, 0.4) is 0 Å². The minimum atomic E-state index is 0.0155. The molecule has 2 aromatic carbocycles. The molecule has 3 rings (SSSR count). The number of rotatable bonds is 2. The van der Waals surface area contributed by atoms with E-state index in [1.54, 1.807) is 0 Å². The van der Waals surface area contributed by atoms with E-state index in [1.807, 2.05) is 12.3 Å². The minimum absolute atomic E-state index is 0.0155. The van der Waals surface area contributed by atoms with Crippen molar-refractivity contribution in [2.45, 2.75) is 26.2 Å². The van der Waals surface area contributed by atoms with E-state index in [1.165, 1.54) is 22.3 Å². The van der Waals surface area contributed by atoms with E-state index < -0.39 is 0 Å². The van der Waals surface area contributed by atoms with Crippen LogP contribution in [-0.4, -0.2) is 15.2 Å². The average molecular weight is 314 g/mol. The number of hydrogen-bond acceptors (Lipinski definition) is 1. The van der Waals surface area contributed by atoms with Crippen molar-refractivity contribution in [3.8, 4) is 22.3 Å². The molecule has 0 atom stereocenters. The summed E-state index contributed by atoms with van der Waals surface area (Å²) < 4.78 is 0. The highest BCUT2D eigenvalue weighted by molar-refractivity contribution is 6.35. The molecule has 0 saturated heterocycles. The van der Waals surface area contributed by atoms with Crippen LogP contribution < -0.4 is 5.32 Å². The normalized spacial score (nSPS) is 11.5. The Morgan fingerprint density at radius 3 is 1.70 bits per heavy atom. The van der Waals surface area contributed by atoms with Crippen molar-refractivity contribution < 1.29 is 0 Å². The van der Waals surface area contributed by atoms with Crippen LogP contribution in [-0.2, 0) is 5.41 Å². The maximum absolute atomic E-state index is 4.62. The zero-order chi connectivity index (χ0) is 16.4. The van der Waals surface area contributed by atoms with E-state index in [0.29, 0.717) is 0 Å². The van der Waals surface area contributed by atoms with Crippen molar-refractivity contribution in [3.05, 3.63) is 72.4 Å². The lowest BCUT2D eigenvalue weighted by Crippen LogP contribution is -2.20. The van der Waals surface area contributed by atoms with E-state index in [-0.39, 0.29) is 5.41 Å². The topological polar surface area (TPSA) is 12.9 Å². The van der Waals surface area contributed by atoms with Crippen LogP contribution in [0.1, 0.15) is 26.3 Å². The van der Waals surface area contributed by atoms with Gasteiger partial charge in [-0.2, -0.15) is 0 Å². The average Bonchev–Trinajstić information content (AvgIpc) is 2.55. The van der Waals surface area contributed by atoms with Crippen molar-refractivity contribution in [1.82, 2.24) is 4.98 Å². The maximum Gasteiger partial charge on any atom is 0.100 e. The summed E-state index contributed by atoms with van der Waals surface area (Å²) in [4.78, 5) is 4.62. The first kappa shape index (κ1) is 15.7. The third kappa shape index (κ3) is 3.13. The summed E-state index contributed by atoms with van der Waals surface area (Å²) in [5, 5.41) is 0.878. The van der Waals surface area contributed by atoms with Crippen molar-refractivity contribution in [2.75, 3.05) is 0 Å². The summed E-state index contributed by atoms with van der Waals surface area (Å²) in [6.07, 6.45) is 2.00. The second kappa shape index (κ2) is 6.13. The first-order valence-corrected chi connectivity index (χ1v) is 8.34. The van der Waals surface area contributed by atoms with Gasteiger partial charge in [0, 0.05) is 17.1 Å². The highest BCUT2D eigenvalue weighted by Crippen LogP contribution is 2.38. The number of aromatic nitrogens is 1. The predicted octanol–water partition coefficient (Wildman–Crippen LogP) is 4.51. The zero-order valence-electron chi connectivity index (χ0n) is 13.8. The second-order valence-corrected chi connectivity index (χ2v) is 7.23. The standard InChI is InChI=1S/C21H20NSi/c1-21(2,3)17-14-22-20(23)19(16-12-8-5-9-13-16)18(17)15-10-6-4-7-11-15/h4-14H,1-3H3. The van der Waals surface area contributed by atoms with Gasteiger partial charge in [-0.15, -0.1) is 0 Å². The minimum Gasteiger partial charge on any atom is -0.266 e. The van der Waals surface area contributed by atoms with Crippen LogP contribution in [0.25, 0.3) is 22.3 Å². The molecule has 1 aromatic heterocycles. The molecule has 23 heavy (non-hydrogen) atoms. The molecular formula is C21H20NSi. The van der Waals surface area contributed by atoms with Crippen molar-refractivity contribution in [1.29, 1.82) is 0 Å². The molecule has 0 aliphatic carbocycles. The van der Waals surface area contributed by atoms with Gasteiger partial charge >= 0.3 is 0 Å². The summed E-state index contributed by atoms with van der Waals surface area (Å²) >= 11 is 0. The summed E-state index contributed by atoms with van der Waals surface area (Å²) in [5.74, 6) is 0. The first-order valence-electron chi connectivity index (χ1n) is 7.84. The van der Waals surface area contributed by atoms with Gasteiger partial charge < -0.3 is 0 Å². The van der Waals surface area contributed by atoms with Crippen molar-refractivity contribution in [3.63, 3.8) is 0 Å². The molecule has 0 bridgehead atoms. The van der Waals surface area contributed by atoms with Crippen LogP contribution in [0.2, 0.25) is 0 Å². The van der Waals surface area contributed by atoms with Crippen LogP contribution >= 0.6 is 0 Å². The molecule has 113 valence electrons. The van der Waals surface area contributed by atoms with Gasteiger partial charge in [0.2, 0.25) is 0 Å². The molecule has 0 aliphatic heterocycles. The van der Waals surface area contributed by atoms with Crippen LogP contribution in [0, 0.1) is 0 Å². The van der Waals surface area contributed by atoms with Crippen molar-refractivity contribution >= 4 is 15.6 Å². The maximum atomic E-state index is 4.62. The molecule has 0 saturated carbocycles. The van der Waals surface area contributed by atoms with Crippen LogP contribution in [0.5, 0.6) is 0 Å². The first-order chi connectivity index (χ1) is 11.0. The summed E-state index contributed by atoms with van der Waals surface area (Å²) in [6, 6.07) is 21.0. The lowest BCUT2D eigenvalue weighted by atomic mass is 9.80. The molecule has 0 spiro atoms. The molecule has 0 N–H and O–H groups in total. The van der Waals surface area contributed by atoms with E-state index in [9.17, 15) is 0 Å². The molecule has 0 amide bonds. The number of benzene rings is 2. The van der Waals surface area contributed by atoms with E-state index in [2.05, 4.69) is 90.6 Å². The second-order valence-electron chi connectivity index (χ2n) is 6.75. The molecule has 0 fully saturated rings. The monoisotopic (exact) mass is 314 g/mol. The zero-order valence-corrected chi connectivity index (χ0v) is 14.8. The Bertz CT molecular complexity index is 802. The SMILES string of the molecule is CC(C)(C)c1cnc([Si])c(-c2ccccc2)c1-c1ccccc1. The van der Waals surface area contributed by atoms with Gasteiger partial charge in [0.15, 0.2) is 0 Å². The molecule has 1 heterocycles. The third-order valence-electron chi connectivity index (χ3n) is 4.01. The molecule has 0 unspecified atom stereocenters. The van der Waals surface area contributed by atoms with Gasteiger partial charge in [0.05, 0.1) is 0 Å². The fourth-order valence-electron chi connectivity index (χ4n) is 2.87. The van der Waals surface area contributed by atoms with Gasteiger partial charge in [0.25, 0.3) is 0 Å². The number of hydrogen-bond donors (Lipinski definition) is 0. The van der Waals surface area contributed by atoms with E-state index in [0.717, 1.165) is 10.9 Å². The van der Waals surface area contributed by atoms with Gasteiger partial charge in [-0.25, -0.2) is 0 Å². The molecule has 3 aromatic rings. The Morgan fingerprint density at radius 2 is 1.22 bits per heavy atom. The molecular weight excluding hydrogens is 294 g/mol. The number of nitrogens with zero attached hydrogens (tertiary/aromatic N) is 1. The fourth-order valence-corrected chi connectivity index (χ4v) is 3.20. The molecule has 2 heteroatoms. The summed E-state index contributed by atoms with van der Waals surface area (Å²) in [7, 11) is 3.73. The van der Waals surface area contributed by atoms with Crippen LogP contribution in [0.4, 0.5) is 0 Å².